The number of nitriles is 1. The lowest BCUT2D eigenvalue weighted by Gasteiger charge is -2.16. The number of hydrogen-bond donors (Lipinski definition) is 0. The molecule has 0 spiro atoms. The Morgan fingerprint density at radius 2 is 1.91 bits per heavy atom. The van der Waals surface area contributed by atoms with E-state index in [2.05, 4.69) is 25.2 Å². The van der Waals surface area contributed by atoms with Crippen LogP contribution in [0.3, 0.4) is 0 Å². The van der Waals surface area contributed by atoms with Crippen molar-refractivity contribution < 1.29 is 32.4 Å². The molecule has 0 unspecified atom stereocenters. The number of esters is 1. The molecule has 1 aromatic heterocycles. The molecule has 0 atom stereocenters. The highest BCUT2D eigenvalue weighted by molar-refractivity contribution is 8.14. The molecule has 0 radical (unpaired) electrons. The number of halogens is 4. The van der Waals surface area contributed by atoms with E-state index in [1.807, 2.05) is 12.3 Å². The molecule has 0 saturated carbocycles. The Kier molecular flexibility index (Phi) is 13.2. The number of carbonyl (C=O) groups is 1. The zero-order valence-corrected chi connectivity index (χ0v) is 26.0. The lowest BCUT2D eigenvalue weighted by Crippen LogP contribution is -2.23. The van der Waals surface area contributed by atoms with Crippen LogP contribution in [0.1, 0.15) is 34.7 Å². The largest absolute Gasteiger partial charge is 0.464 e. The van der Waals surface area contributed by atoms with Gasteiger partial charge < -0.3 is 19.3 Å². The van der Waals surface area contributed by atoms with Gasteiger partial charge >= 0.3 is 12.1 Å². The van der Waals surface area contributed by atoms with Crippen LogP contribution in [0.25, 0.3) is 0 Å². The van der Waals surface area contributed by atoms with Crippen molar-refractivity contribution >= 4 is 45.9 Å². The van der Waals surface area contributed by atoms with E-state index in [0.29, 0.717) is 16.3 Å². The summed E-state index contributed by atoms with van der Waals surface area (Å²) in [4.78, 5) is 31.8. The zero-order valence-electron chi connectivity index (χ0n) is 24.4. The van der Waals surface area contributed by atoms with Gasteiger partial charge in [-0.25, -0.2) is 9.78 Å². The second-order valence-electron chi connectivity index (χ2n) is 9.05. The van der Waals surface area contributed by atoms with Crippen molar-refractivity contribution in [2.24, 2.45) is 15.3 Å². The summed E-state index contributed by atoms with van der Waals surface area (Å²) in [7, 11) is 2.51. The first kappa shape index (κ1) is 34.9. The molecule has 45 heavy (non-hydrogen) atoms. The molecular formula is C30H28ClF3N6O4S. The number of methoxy groups -OCH3 is 1. The fourth-order valence-electron chi connectivity index (χ4n) is 3.88. The molecular weight excluding hydrogens is 633 g/mol. The van der Waals surface area contributed by atoms with Gasteiger partial charge in [-0.1, -0.05) is 76.1 Å². The summed E-state index contributed by atoms with van der Waals surface area (Å²) >= 11 is 7.32. The van der Waals surface area contributed by atoms with Crippen LogP contribution in [0.15, 0.2) is 82.2 Å². The Morgan fingerprint density at radius 3 is 2.58 bits per heavy atom. The average Bonchev–Trinajstić information content (AvgIpc) is 3.47. The molecule has 15 heteroatoms. The number of pyridine rings is 1. The van der Waals surface area contributed by atoms with E-state index >= 15 is 0 Å². The molecule has 0 amide bonds. The molecule has 2 heterocycles. The van der Waals surface area contributed by atoms with Crippen molar-refractivity contribution in [3.63, 3.8) is 0 Å². The van der Waals surface area contributed by atoms with Crippen molar-refractivity contribution in [3.8, 4) is 6.19 Å². The van der Waals surface area contributed by atoms with E-state index in [9.17, 15) is 18.0 Å². The molecule has 236 valence electrons. The minimum Gasteiger partial charge on any atom is -0.464 e. The van der Waals surface area contributed by atoms with Crippen molar-refractivity contribution in [1.82, 2.24) is 9.88 Å². The number of aromatic nitrogens is 1. The molecule has 2 aromatic carbocycles. The maximum absolute atomic E-state index is 12.9. The summed E-state index contributed by atoms with van der Waals surface area (Å²) in [5.41, 5.74) is 1.79. The molecule has 0 bridgehead atoms. The number of rotatable bonds is 9. The lowest BCUT2D eigenvalue weighted by molar-refractivity contribution is -0.137. The van der Waals surface area contributed by atoms with Crippen LogP contribution in [0.5, 0.6) is 0 Å². The van der Waals surface area contributed by atoms with Gasteiger partial charge in [0, 0.05) is 36.2 Å². The minimum absolute atomic E-state index is 0.0484. The molecule has 1 saturated heterocycles. The summed E-state index contributed by atoms with van der Waals surface area (Å²) in [6.07, 6.45) is -0.875. The minimum atomic E-state index is -4.44. The first-order valence-corrected chi connectivity index (χ1v) is 14.5. The number of carbonyl (C=O) groups excluding carboxylic acids is 1. The fraction of sp³-hybridized carbons (Fsp3) is 0.267. The first-order valence-electron chi connectivity index (χ1n) is 13.1. The third-order valence-corrected chi connectivity index (χ3v) is 7.25. The number of aliphatic imine (C=N–C) groups is 1. The highest BCUT2D eigenvalue weighted by atomic mass is 35.5. The van der Waals surface area contributed by atoms with Crippen LogP contribution in [-0.4, -0.2) is 59.0 Å². The van der Waals surface area contributed by atoms with Crippen molar-refractivity contribution in [3.05, 3.63) is 99.8 Å². The molecule has 1 aliphatic rings. The maximum Gasteiger partial charge on any atom is 0.416 e. The van der Waals surface area contributed by atoms with Crippen LogP contribution in [0.4, 0.5) is 13.2 Å². The molecule has 1 aliphatic heterocycles. The van der Waals surface area contributed by atoms with Gasteiger partial charge in [0.1, 0.15) is 18.9 Å². The zero-order chi connectivity index (χ0) is 32.8. The van der Waals surface area contributed by atoms with E-state index < -0.39 is 17.7 Å². The number of amidine groups is 1. The normalized spacial score (nSPS) is 14.4. The highest BCUT2D eigenvalue weighted by Gasteiger charge is 2.30. The number of benzene rings is 2. The number of nitrogens with zero attached hydrogens (tertiary/aromatic N) is 6. The van der Waals surface area contributed by atoms with Crippen molar-refractivity contribution in [1.29, 1.82) is 5.26 Å². The maximum atomic E-state index is 12.9. The SMILES string of the molecule is CO/N=C(/C(=O)OC)c1ccccc1CO/N=C(\C)c1cccc(C(F)(F)F)c1.N#CN=C1SCCN1Cc1ccc(Cl)nc1. The van der Waals surface area contributed by atoms with E-state index in [-0.39, 0.29) is 23.6 Å². The standard InChI is InChI=1S/C20H19F3N2O4.C10H9ClN4S/c1-13(14-8-6-9-16(11-14)20(21,22)23)24-29-12-15-7-4-5-10-17(15)18(25-28-3)19(26)27-2;11-9-2-1-8(5-13-9)6-15-3-4-16-10(15)14-7-12/h4-11H,12H2,1-3H3;1-2,5H,3-4,6H2/b24-13+,25-18+;. The summed E-state index contributed by atoms with van der Waals surface area (Å²) in [6.45, 7) is 3.12. The molecule has 1 fully saturated rings. The molecule has 0 N–H and O–H groups in total. The quantitative estimate of drug-likeness (QED) is 0.0863. The van der Waals surface area contributed by atoms with Gasteiger partial charge in [-0.05, 0) is 36.2 Å². The summed E-state index contributed by atoms with van der Waals surface area (Å²) in [5.74, 6) is 0.282. The lowest BCUT2D eigenvalue weighted by atomic mass is 10.0. The summed E-state index contributed by atoms with van der Waals surface area (Å²) < 4.78 is 43.3. The Hall–Kier alpha value is -4.61. The number of thioether (sulfide) groups is 1. The third kappa shape index (κ3) is 10.5. The van der Waals surface area contributed by atoms with Gasteiger partial charge in [0.25, 0.3) is 0 Å². The number of alkyl halides is 3. The molecule has 10 nitrogen and oxygen atoms in total. The van der Waals surface area contributed by atoms with E-state index in [1.165, 1.54) is 33.3 Å². The van der Waals surface area contributed by atoms with E-state index in [0.717, 1.165) is 41.7 Å². The first-order chi connectivity index (χ1) is 21.6. The van der Waals surface area contributed by atoms with Gasteiger partial charge in [0.15, 0.2) is 10.9 Å². The Morgan fingerprint density at radius 1 is 1.13 bits per heavy atom. The second kappa shape index (κ2) is 17.0. The average molecular weight is 661 g/mol. The van der Waals surface area contributed by atoms with Crippen LogP contribution in [0, 0.1) is 11.5 Å². The predicted molar refractivity (Wildman–Crippen MR) is 166 cm³/mol. The van der Waals surface area contributed by atoms with Crippen molar-refractivity contribution in [2.45, 2.75) is 26.3 Å². The van der Waals surface area contributed by atoms with E-state index in [4.69, 9.17) is 31.3 Å². The third-order valence-electron chi connectivity index (χ3n) is 6.03. The number of oxime groups is 2. The Labute approximate surface area is 267 Å². The Balaban J connectivity index is 0.000000289. The van der Waals surface area contributed by atoms with Gasteiger partial charge in [-0.2, -0.15) is 18.4 Å². The number of hydrogen-bond acceptors (Lipinski definition) is 10. The van der Waals surface area contributed by atoms with Gasteiger partial charge in [0.2, 0.25) is 6.19 Å². The van der Waals surface area contributed by atoms with Crippen LogP contribution >= 0.6 is 23.4 Å². The topological polar surface area (TPSA) is 122 Å². The van der Waals surface area contributed by atoms with Gasteiger partial charge in [0.05, 0.1) is 18.4 Å². The van der Waals surface area contributed by atoms with Crippen LogP contribution in [0.2, 0.25) is 5.15 Å². The Bertz CT molecular complexity index is 1590. The molecule has 3 aromatic rings. The number of ether oxygens (including phenoxy) is 1. The van der Waals surface area contributed by atoms with Gasteiger partial charge in [-0.15, -0.1) is 4.99 Å². The van der Waals surface area contributed by atoms with E-state index in [1.54, 1.807) is 48.3 Å². The molecule has 4 rings (SSSR count). The van der Waals surface area contributed by atoms with Crippen molar-refractivity contribution in [2.75, 3.05) is 26.5 Å². The smallest absolute Gasteiger partial charge is 0.416 e. The monoisotopic (exact) mass is 660 g/mol. The predicted octanol–water partition coefficient (Wildman–Crippen LogP) is 6.29. The van der Waals surface area contributed by atoms with Crippen LogP contribution < -0.4 is 0 Å². The highest BCUT2D eigenvalue weighted by Crippen LogP contribution is 2.29. The second-order valence-corrected chi connectivity index (χ2v) is 10.5. The van der Waals surface area contributed by atoms with Crippen LogP contribution in [-0.2, 0) is 38.5 Å². The fourth-order valence-corrected chi connectivity index (χ4v) is 4.93. The summed E-state index contributed by atoms with van der Waals surface area (Å²) in [6, 6.07) is 15.2. The summed E-state index contributed by atoms with van der Waals surface area (Å²) in [5, 5.41) is 17.4. The molecule has 0 aliphatic carbocycles. The van der Waals surface area contributed by atoms with Gasteiger partial charge in [-0.3, -0.25) is 0 Å².